The van der Waals surface area contributed by atoms with E-state index in [1.54, 1.807) is 0 Å². The molecule has 1 rings (SSSR count). The Bertz CT molecular complexity index is 496. The van der Waals surface area contributed by atoms with Crippen LogP contribution < -0.4 is 9.88 Å². The van der Waals surface area contributed by atoms with Crippen molar-refractivity contribution < 1.29 is 26.3 Å². The molecule has 0 aliphatic rings. The molecule has 0 heterocycles. The van der Waals surface area contributed by atoms with Gasteiger partial charge in [0.15, 0.2) is 0 Å². The van der Waals surface area contributed by atoms with Gasteiger partial charge >= 0.3 is 6.36 Å². The third-order valence-corrected chi connectivity index (χ3v) is 2.61. The average Bonchev–Trinajstić information content (AvgIpc) is 2.04. The minimum absolute atomic E-state index is 0.0313. The average molecular weight is 255 g/mol. The van der Waals surface area contributed by atoms with Gasteiger partial charge in [0.1, 0.15) is 5.75 Å². The highest BCUT2D eigenvalue weighted by atomic mass is 32.2. The summed E-state index contributed by atoms with van der Waals surface area (Å²) >= 11 is 0. The molecule has 0 unspecified atom stereocenters. The topological polar surface area (TPSA) is 69.4 Å². The van der Waals surface area contributed by atoms with Gasteiger partial charge < -0.3 is 4.74 Å². The van der Waals surface area contributed by atoms with Gasteiger partial charge in [-0.1, -0.05) is 0 Å². The predicted octanol–water partition coefficient (Wildman–Crippen LogP) is 1.54. The first-order valence-corrected chi connectivity index (χ1v) is 5.53. The van der Waals surface area contributed by atoms with E-state index in [1.807, 2.05) is 0 Å². The number of sulfonamides is 1. The van der Waals surface area contributed by atoms with Gasteiger partial charge in [-0.15, -0.1) is 13.2 Å². The molecule has 0 aliphatic heterocycles. The molecule has 0 spiro atoms. The summed E-state index contributed by atoms with van der Waals surface area (Å²) in [6, 6.07) is 2.86. The van der Waals surface area contributed by atoms with Crippen LogP contribution in [0, 0.1) is 6.92 Å². The van der Waals surface area contributed by atoms with E-state index in [0.717, 1.165) is 18.2 Å². The van der Waals surface area contributed by atoms with E-state index in [-0.39, 0.29) is 10.5 Å². The van der Waals surface area contributed by atoms with Crippen LogP contribution in [0.5, 0.6) is 5.75 Å². The number of hydrogen-bond acceptors (Lipinski definition) is 3. The second-order valence-electron chi connectivity index (χ2n) is 3.02. The summed E-state index contributed by atoms with van der Waals surface area (Å²) < 4.78 is 61.1. The van der Waals surface area contributed by atoms with Crippen molar-refractivity contribution in [3.8, 4) is 5.75 Å². The van der Waals surface area contributed by atoms with Crippen LogP contribution in [-0.2, 0) is 10.0 Å². The van der Waals surface area contributed by atoms with Crippen molar-refractivity contribution in [3.63, 3.8) is 0 Å². The third-order valence-electron chi connectivity index (χ3n) is 1.70. The van der Waals surface area contributed by atoms with Crippen LogP contribution in [0.25, 0.3) is 0 Å². The van der Waals surface area contributed by atoms with Crippen LogP contribution in [0.3, 0.4) is 0 Å². The van der Waals surface area contributed by atoms with Crippen LogP contribution >= 0.6 is 0 Å². The number of alkyl halides is 3. The smallest absolute Gasteiger partial charge is 0.406 e. The Kier molecular flexibility index (Phi) is 3.15. The molecule has 0 saturated carbocycles. The zero-order chi connectivity index (χ0) is 12.6. The summed E-state index contributed by atoms with van der Waals surface area (Å²) in [5, 5.41) is 4.81. The number of ether oxygens (including phenoxy) is 1. The standard InChI is InChI=1S/C8H8F3NO3S/c1-5-4-6(16(12,13)14)2-3-7(5)15-8(9,10)11/h2-4H,1H3,(H2,12,13,14). The molecule has 0 aromatic heterocycles. The second kappa shape index (κ2) is 3.95. The maximum atomic E-state index is 11.9. The SMILES string of the molecule is Cc1cc(S(N)(=O)=O)ccc1OC(F)(F)F. The number of nitrogens with two attached hydrogens (primary N) is 1. The number of benzene rings is 1. The first-order chi connectivity index (χ1) is 7.09. The van der Waals surface area contributed by atoms with Crippen LogP contribution in [0.4, 0.5) is 13.2 Å². The van der Waals surface area contributed by atoms with E-state index in [4.69, 9.17) is 5.14 Å². The zero-order valence-corrected chi connectivity index (χ0v) is 8.89. The number of primary sulfonamides is 1. The fourth-order valence-electron chi connectivity index (χ4n) is 1.04. The van der Waals surface area contributed by atoms with Gasteiger partial charge in [0.2, 0.25) is 10.0 Å². The Balaban J connectivity index is 3.11. The molecule has 90 valence electrons. The lowest BCUT2D eigenvalue weighted by Crippen LogP contribution is -2.18. The Morgan fingerprint density at radius 2 is 1.88 bits per heavy atom. The summed E-state index contributed by atoms with van der Waals surface area (Å²) in [4.78, 5) is -0.264. The van der Waals surface area contributed by atoms with Crippen molar-refractivity contribution in [1.29, 1.82) is 0 Å². The molecule has 0 radical (unpaired) electrons. The molecular weight excluding hydrogens is 247 g/mol. The van der Waals surface area contributed by atoms with Crippen LogP contribution in [0.1, 0.15) is 5.56 Å². The molecule has 16 heavy (non-hydrogen) atoms. The molecule has 2 N–H and O–H groups in total. The van der Waals surface area contributed by atoms with E-state index in [9.17, 15) is 21.6 Å². The van der Waals surface area contributed by atoms with Crippen molar-refractivity contribution in [2.45, 2.75) is 18.2 Å². The molecule has 4 nitrogen and oxygen atoms in total. The van der Waals surface area contributed by atoms with Gasteiger partial charge in [0.25, 0.3) is 0 Å². The Labute approximate surface area is 89.9 Å². The van der Waals surface area contributed by atoms with Crippen LogP contribution in [0.15, 0.2) is 23.1 Å². The molecule has 0 atom stereocenters. The van der Waals surface area contributed by atoms with Gasteiger partial charge in [-0.3, -0.25) is 0 Å². The van der Waals surface area contributed by atoms with E-state index in [2.05, 4.69) is 4.74 Å². The molecule has 0 fully saturated rings. The van der Waals surface area contributed by atoms with Gasteiger partial charge in [-0.2, -0.15) is 0 Å². The maximum Gasteiger partial charge on any atom is 0.573 e. The first-order valence-electron chi connectivity index (χ1n) is 3.99. The lowest BCUT2D eigenvalue weighted by molar-refractivity contribution is -0.274. The number of hydrogen-bond donors (Lipinski definition) is 1. The molecule has 1 aromatic carbocycles. The van der Waals surface area contributed by atoms with Gasteiger partial charge in [-0.05, 0) is 30.7 Å². The van der Waals surface area contributed by atoms with Crippen molar-refractivity contribution in [3.05, 3.63) is 23.8 Å². The second-order valence-corrected chi connectivity index (χ2v) is 4.58. The van der Waals surface area contributed by atoms with Crippen molar-refractivity contribution in [2.24, 2.45) is 5.14 Å². The quantitative estimate of drug-likeness (QED) is 0.871. The monoisotopic (exact) mass is 255 g/mol. The Hall–Kier alpha value is -1.28. The number of rotatable bonds is 2. The summed E-state index contributed by atoms with van der Waals surface area (Å²) in [5.74, 6) is -0.458. The van der Waals surface area contributed by atoms with Crippen LogP contribution in [-0.4, -0.2) is 14.8 Å². The third kappa shape index (κ3) is 3.38. The van der Waals surface area contributed by atoms with E-state index in [0.29, 0.717) is 0 Å². The summed E-state index contributed by atoms with van der Waals surface area (Å²) in [6.07, 6.45) is -4.81. The Morgan fingerprint density at radius 3 is 2.25 bits per heavy atom. The highest BCUT2D eigenvalue weighted by Crippen LogP contribution is 2.27. The van der Waals surface area contributed by atoms with Crippen LogP contribution in [0.2, 0.25) is 0 Å². The molecule has 0 aliphatic carbocycles. The first kappa shape index (κ1) is 12.8. The Morgan fingerprint density at radius 1 is 1.31 bits per heavy atom. The van der Waals surface area contributed by atoms with E-state index < -0.39 is 22.1 Å². The molecule has 8 heteroatoms. The molecular formula is C8H8F3NO3S. The largest absolute Gasteiger partial charge is 0.573 e. The lowest BCUT2D eigenvalue weighted by atomic mass is 10.2. The van der Waals surface area contributed by atoms with Gasteiger partial charge in [0, 0.05) is 0 Å². The fourth-order valence-corrected chi connectivity index (χ4v) is 1.64. The molecule has 0 amide bonds. The summed E-state index contributed by atoms with van der Waals surface area (Å²) in [7, 11) is -3.92. The molecule has 1 aromatic rings. The zero-order valence-electron chi connectivity index (χ0n) is 8.08. The number of halogens is 3. The van der Waals surface area contributed by atoms with E-state index >= 15 is 0 Å². The normalized spacial score (nSPS) is 12.6. The predicted molar refractivity (Wildman–Crippen MR) is 49.2 cm³/mol. The maximum absolute atomic E-state index is 11.9. The minimum atomic E-state index is -4.81. The highest BCUT2D eigenvalue weighted by molar-refractivity contribution is 7.89. The fraction of sp³-hybridized carbons (Fsp3) is 0.250. The van der Waals surface area contributed by atoms with E-state index in [1.165, 1.54) is 6.92 Å². The van der Waals surface area contributed by atoms with Gasteiger partial charge in [0.05, 0.1) is 4.90 Å². The summed E-state index contributed by atoms with van der Waals surface area (Å²) in [5.41, 5.74) is 0.0313. The van der Waals surface area contributed by atoms with Crippen molar-refractivity contribution in [2.75, 3.05) is 0 Å². The lowest BCUT2D eigenvalue weighted by Gasteiger charge is -2.11. The minimum Gasteiger partial charge on any atom is -0.406 e. The van der Waals surface area contributed by atoms with Gasteiger partial charge in [-0.25, -0.2) is 13.6 Å². The number of aryl methyl sites for hydroxylation is 1. The summed E-state index contributed by atoms with van der Waals surface area (Å²) in [6.45, 7) is 1.29. The molecule has 0 saturated heterocycles. The van der Waals surface area contributed by atoms with Crippen molar-refractivity contribution in [1.82, 2.24) is 0 Å². The van der Waals surface area contributed by atoms with Crippen molar-refractivity contribution >= 4 is 10.0 Å². The molecule has 0 bridgehead atoms. The highest BCUT2D eigenvalue weighted by Gasteiger charge is 2.31.